The molecule has 1 aromatic carbocycles. The first-order valence-corrected chi connectivity index (χ1v) is 8.00. The van der Waals surface area contributed by atoms with E-state index in [1.807, 2.05) is 0 Å². The van der Waals surface area contributed by atoms with Gasteiger partial charge in [-0.1, -0.05) is 29.3 Å². The van der Waals surface area contributed by atoms with Crippen LogP contribution in [-0.4, -0.2) is 29.3 Å². The van der Waals surface area contributed by atoms with Crippen LogP contribution in [0.2, 0.25) is 10.0 Å². The maximum atomic E-state index is 12.6. The molecule has 25 heavy (non-hydrogen) atoms. The highest BCUT2D eigenvalue weighted by molar-refractivity contribution is 6.39. The third-order valence-corrected chi connectivity index (χ3v) is 4.45. The van der Waals surface area contributed by atoms with Gasteiger partial charge < -0.3 is 15.1 Å². The highest BCUT2D eigenvalue weighted by Gasteiger charge is 2.51. The van der Waals surface area contributed by atoms with Gasteiger partial charge in [0.15, 0.2) is 5.54 Å². The summed E-state index contributed by atoms with van der Waals surface area (Å²) in [7, 11) is 0. The number of para-hydroxylation sites is 1. The summed E-state index contributed by atoms with van der Waals surface area (Å²) in [6, 6.07) is 7.24. The molecule has 0 radical (unpaired) electrons. The minimum Gasteiger partial charge on any atom is -0.466 e. The number of hydrogen-bond acceptors (Lipinski definition) is 4. The van der Waals surface area contributed by atoms with Crippen molar-refractivity contribution in [3.63, 3.8) is 0 Å². The second kappa shape index (κ2) is 6.42. The lowest BCUT2D eigenvalue weighted by molar-refractivity contribution is -0.134. The fourth-order valence-electron chi connectivity index (χ4n) is 2.51. The molecule has 130 valence electrons. The van der Waals surface area contributed by atoms with Crippen LogP contribution in [0.5, 0.6) is 0 Å². The molecule has 0 bridgehead atoms. The van der Waals surface area contributed by atoms with Gasteiger partial charge >= 0.3 is 6.03 Å². The molecular weight excluding hydrogens is 369 g/mol. The van der Waals surface area contributed by atoms with E-state index < -0.39 is 29.9 Å². The van der Waals surface area contributed by atoms with Crippen LogP contribution in [0.1, 0.15) is 12.7 Å². The summed E-state index contributed by atoms with van der Waals surface area (Å²) in [5, 5.41) is 5.54. The van der Waals surface area contributed by atoms with Gasteiger partial charge in [-0.25, -0.2) is 4.79 Å². The van der Waals surface area contributed by atoms with E-state index >= 15 is 0 Å². The Kier molecular flexibility index (Phi) is 4.45. The van der Waals surface area contributed by atoms with E-state index in [0.29, 0.717) is 0 Å². The number of amides is 4. The van der Waals surface area contributed by atoms with Crippen LogP contribution in [0.4, 0.5) is 10.5 Å². The lowest BCUT2D eigenvalue weighted by Crippen LogP contribution is -2.41. The Morgan fingerprint density at radius 3 is 2.52 bits per heavy atom. The number of benzene rings is 1. The lowest BCUT2D eigenvalue weighted by Gasteiger charge is -2.19. The number of nitrogens with zero attached hydrogens (tertiary/aromatic N) is 1. The van der Waals surface area contributed by atoms with Gasteiger partial charge in [0, 0.05) is 0 Å². The Morgan fingerprint density at radius 1 is 1.24 bits per heavy atom. The molecule has 1 atom stereocenters. The van der Waals surface area contributed by atoms with E-state index in [2.05, 4.69) is 10.6 Å². The van der Waals surface area contributed by atoms with E-state index in [1.165, 1.54) is 13.2 Å². The van der Waals surface area contributed by atoms with Crippen LogP contribution >= 0.6 is 23.2 Å². The molecule has 9 heteroatoms. The molecule has 0 spiro atoms. The predicted octanol–water partition coefficient (Wildman–Crippen LogP) is 2.99. The quantitative estimate of drug-likeness (QED) is 0.796. The number of halogens is 2. The number of nitrogens with one attached hydrogen (secondary N) is 2. The summed E-state index contributed by atoms with van der Waals surface area (Å²) in [5.74, 6) is -0.919. The Hall–Kier alpha value is -2.51. The van der Waals surface area contributed by atoms with Crippen LogP contribution in [0.25, 0.3) is 0 Å². The number of rotatable bonds is 4. The second-order valence-electron chi connectivity index (χ2n) is 5.57. The first kappa shape index (κ1) is 17.3. The molecule has 0 aliphatic carbocycles. The van der Waals surface area contributed by atoms with E-state index in [1.54, 1.807) is 30.3 Å². The number of furan rings is 1. The third-order valence-electron chi connectivity index (χ3n) is 3.82. The minimum atomic E-state index is -1.36. The van der Waals surface area contributed by atoms with Gasteiger partial charge in [-0.2, -0.15) is 0 Å². The van der Waals surface area contributed by atoms with Gasteiger partial charge in [0.1, 0.15) is 12.3 Å². The maximum absolute atomic E-state index is 12.6. The Bertz CT molecular complexity index is 833. The van der Waals surface area contributed by atoms with Crippen molar-refractivity contribution in [1.29, 1.82) is 0 Å². The van der Waals surface area contributed by atoms with Crippen molar-refractivity contribution in [3.05, 3.63) is 52.4 Å². The van der Waals surface area contributed by atoms with Gasteiger partial charge in [0.2, 0.25) is 5.91 Å². The Balaban J connectivity index is 1.76. The van der Waals surface area contributed by atoms with Crippen LogP contribution < -0.4 is 10.6 Å². The van der Waals surface area contributed by atoms with Crippen molar-refractivity contribution in [1.82, 2.24) is 10.2 Å². The largest absolute Gasteiger partial charge is 0.466 e. The first-order chi connectivity index (χ1) is 11.8. The molecule has 2 heterocycles. The van der Waals surface area contributed by atoms with Crippen LogP contribution in [-0.2, 0) is 15.1 Å². The first-order valence-electron chi connectivity index (χ1n) is 7.25. The van der Waals surface area contributed by atoms with Crippen LogP contribution in [0, 0.1) is 0 Å². The molecule has 4 amide bonds. The van der Waals surface area contributed by atoms with E-state index in [0.717, 1.165) is 4.90 Å². The summed E-state index contributed by atoms with van der Waals surface area (Å²) in [5.41, 5.74) is -1.14. The molecule has 1 unspecified atom stereocenters. The summed E-state index contributed by atoms with van der Waals surface area (Å²) in [6.45, 7) is 1.03. The van der Waals surface area contributed by atoms with E-state index in [9.17, 15) is 14.4 Å². The number of urea groups is 1. The average molecular weight is 382 g/mol. The molecule has 2 N–H and O–H groups in total. The molecule has 2 aromatic rings. The van der Waals surface area contributed by atoms with Gasteiger partial charge in [0.05, 0.1) is 22.0 Å². The Morgan fingerprint density at radius 2 is 1.92 bits per heavy atom. The molecule has 3 rings (SSSR count). The highest BCUT2D eigenvalue weighted by Crippen LogP contribution is 2.31. The second-order valence-corrected chi connectivity index (χ2v) is 6.38. The summed E-state index contributed by atoms with van der Waals surface area (Å²) < 4.78 is 5.22. The highest BCUT2D eigenvalue weighted by atomic mass is 35.5. The zero-order chi connectivity index (χ0) is 18.2. The molecule has 0 saturated carbocycles. The molecular formula is C16H13Cl2N3O4. The SMILES string of the molecule is CC1(c2ccco2)NC(=O)N(CC(=O)Nc2c(Cl)cccc2Cl)C1=O. The zero-order valence-electron chi connectivity index (χ0n) is 13.0. The number of carbonyl (C=O) groups excluding carboxylic acids is 3. The fraction of sp³-hybridized carbons (Fsp3) is 0.188. The van der Waals surface area contributed by atoms with Gasteiger partial charge in [0.25, 0.3) is 5.91 Å². The van der Waals surface area contributed by atoms with Gasteiger partial charge in [-0.3, -0.25) is 14.5 Å². The van der Waals surface area contributed by atoms with E-state index in [-0.39, 0.29) is 21.5 Å². The fourth-order valence-corrected chi connectivity index (χ4v) is 3.00. The summed E-state index contributed by atoms with van der Waals surface area (Å²) in [6.07, 6.45) is 1.40. The third kappa shape index (κ3) is 3.08. The molecule has 1 aliphatic rings. The van der Waals surface area contributed by atoms with Crippen molar-refractivity contribution in [2.45, 2.75) is 12.5 Å². The standard InChI is InChI=1S/C16H13Cl2N3O4/c1-16(11-6-3-7-25-11)14(23)21(15(24)20-16)8-12(22)19-13-9(17)4-2-5-10(13)18/h2-7H,8H2,1H3,(H,19,22)(H,20,24). The smallest absolute Gasteiger partial charge is 0.325 e. The van der Waals surface area contributed by atoms with E-state index in [4.69, 9.17) is 27.6 Å². The average Bonchev–Trinajstić information content (AvgIpc) is 3.16. The van der Waals surface area contributed by atoms with Gasteiger partial charge in [-0.15, -0.1) is 0 Å². The predicted molar refractivity (Wildman–Crippen MR) is 91.4 cm³/mol. The number of hydrogen-bond donors (Lipinski definition) is 2. The Labute approximate surface area is 152 Å². The van der Waals surface area contributed by atoms with Crippen LogP contribution in [0.15, 0.2) is 41.0 Å². The monoisotopic (exact) mass is 381 g/mol. The topological polar surface area (TPSA) is 91.7 Å². The summed E-state index contributed by atoms with van der Waals surface area (Å²) >= 11 is 12.0. The zero-order valence-corrected chi connectivity index (χ0v) is 14.5. The minimum absolute atomic E-state index is 0.219. The van der Waals surface area contributed by atoms with Gasteiger partial charge in [-0.05, 0) is 31.2 Å². The summed E-state index contributed by atoms with van der Waals surface area (Å²) in [4.78, 5) is 37.8. The molecule has 7 nitrogen and oxygen atoms in total. The van der Waals surface area contributed by atoms with Crippen molar-refractivity contribution in [2.24, 2.45) is 0 Å². The molecule has 1 aliphatic heterocycles. The van der Waals surface area contributed by atoms with Crippen molar-refractivity contribution in [2.75, 3.05) is 11.9 Å². The van der Waals surface area contributed by atoms with Crippen molar-refractivity contribution >= 4 is 46.7 Å². The number of anilines is 1. The van der Waals surface area contributed by atoms with Crippen LogP contribution in [0.3, 0.4) is 0 Å². The van der Waals surface area contributed by atoms with Crippen molar-refractivity contribution in [3.8, 4) is 0 Å². The van der Waals surface area contributed by atoms with Crippen molar-refractivity contribution < 1.29 is 18.8 Å². The lowest BCUT2D eigenvalue weighted by atomic mass is 9.99. The number of imide groups is 1. The molecule has 1 saturated heterocycles. The normalized spacial score (nSPS) is 19.9. The molecule has 1 aromatic heterocycles. The maximum Gasteiger partial charge on any atom is 0.325 e. The number of carbonyl (C=O) groups is 3. The molecule has 1 fully saturated rings.